The summed E-state index contributed by atoms with van der Waals surface area (Å²) in [6.07, 6.45) is -3.96. The molecule has 2 aromatic heterocycles. The molecular weight excluding hydrogens is 281 g/mol. The lowest BCUT2D eigenvalue weighted by molar-refractivity contribution is -0.0888. The minimum Gasteiger partial charge on any atom is -0.282 e. The largest absolute Gasteiger partial charge is 0.456 e. The number of halogens is 3. The Morgan fingerprint density at radius 2 is 2.11 bits per heavy atom. The van der Waals surface area contributed by atoms with Gasteiger partial charge in [-0.1, -0.05) is 5.21 Å². The van der Waals surface area contributed by atoms with Crippen molar-refractivity contribution in [3.05, 3.63) is 27.5 Å². The van der Waals surface area contributed by atoms with E-state index >= 15 is 0 Å². The SMILES string of the molecule is Cc1nc(Cn2cc(C(=O)C(F)(F)F)nn2)sc1C. The normalized spacial score (nSPS) is 11.8. The Hall–Kier alpha value is -1.77. The summed E-state index contributed by atoms with van der Waals surface area (Å²) in [7, 11) is 0. The van der Waals surface area contributed by atoms with Crippen LogP contribution in [-0.2, 0) is 6.54 Å². The van der Waals surface area contributed by atoms with Crippen LogP contribution in [0.1, 0.15) is 26.1 Å². The van der Waals surface area contributed by atoms with Crippen molar-refractivity contribution in [1.82, 2.24) is 20.0 Å². The first kappa shape index (κ1) is 13.7. The smallest absolute Gasteiger partial charge is 0.282 e. The van der Waals surface area contributed by atoms with Crippen LogP contribution in [-0.4, -0.2) is 31.9 Å². The van der Waals surface area contributed by atoms with Crippen molar-refractivity contribution in [1.29, 1.82) is 0 Å². The molecule has 9 heteroatoms. The molecule has 0 amide bonds. The van der Waals surface area contributed by atoms with Crippen LogP contribution in [0.2, 0.25) is 0 Å². The van der Waals surface area contributed by atoms with Gasteiger partial charge in [-0.2, -0.15) is 13.2 Å². The van der Waals surface area contributed by atoms with E-state index in [0.29, 0.717) is 5.01 Å². The van der Waals surface area contributed by atoms with E-state index in [-0.39, 0.29) is 6.54 Å². The number of Topliss-reactive ketones (excluding diaryl/α,β-unsaturated/α-hetero) is 1. The van der Waals surface area contributed by atoms with Crippen LogP contribution in [0.4, 0.5) is 13.2 Å². The molecule has 0 fully saturated rings. The van der Waals surface area contributed by atoms with Gasteiger partial charge in [-0.25, -0.2) is 9.67 Å². The average Bonchev–Trinajstić information content (AvgIpc) is 2.85. The molecule has 0 spiro atoms. The molecule has 2 aromatic rings. The van der Waals surface area contributed by atoms with Crippen molar-refractivity contribution in [2.24, 2.45) is 0 Å². The first-order valence-electron chi connectivity index (χ1n) is 5.22. The van der Waals surface area contributed by atoms with Gasteiger partial charge in [0.2, 0.25) is 0 Å². The minimum atomic E-state index is -4.94. The van der Waals surface area contributed by atoms with E-state index in [4.69, 9.17) is 0 Å². The standard InChI is InChI=1S/C10H9F3N4OS/c1-5-6(2)19-8(14-5)4-17-3-7(15-16-17)9(18)10(11,12)13/h3H,4H2,1-2H3. The van der Waals surface area contributed by atoms with Gasteiger partial charge in [0.1, 0.15) is 5.01 Å². The maximum atomic E-state index is 12.2. The fourth-order valence-corrected chi connectivity index (χ4v) is 2.30. The van der Waals surface area contributed by atoms with Crippen LogP contribution in [0, 0.1) is 13.8 Å². The van der Waals surface area contributed by atoms with Gasteiger partial charge in [-0.05, 0) is 13.8 Å². The van der Waals surface area contributed by atoms with Gasteiger partial charge >= 0.3 is 6.18 Å². The number of ketones is 1. The summed E-state index contributed by atoms with van der Waals surface area (Å²) in [6.45, 7) is 3.93. The Morgan fingerprint density at radius 3 is 2.63 bits per heavy atom. The van der Waals surface area contributed by atoms with Crippen molar-refractivity contribution < 1.29 is 18.0 Å². The Morgan fingerprint density at radius 1 is 1.42 bits per heavy atom. The van der Waals surface area contributed by atoms with Crippen molar-refractivity contribution >= 4 is 17.1 Å². The molecule has 0 aliphatic carbocycles. The number of nitrogens with zero attached hydrogens (tertiary/aromatic N) is 4. The first-order chi connectivity index (χ1) is 8.77. The van der Waals surface area contributed by atoms with E-state index in [2.05, 4.69) is 15.3 Å². The number of aromatic nitrogens is 4. The monoisotopic (exact) mass is 290 g/mol. The maximum absolute atomic E-state index is 12.2. The number of aryl methyl sites for hydroxylation is 2. The van der Waals surface area contributed by atoms with Crippen LogP contribution >= 0.6 is 11.3 Å². The molecule has 2 rings (SSSR count). The molecule has 0 aliphatic rings. The molecule has 0 bridgehead atoms. The molecule has 0 radical (unpaired) electrons. The summed E-state index contributed by atoms with van der Waals surface area (Å²) in [4.78, 5) is 16.2. The molecule has 2 heterocycles. The van der Waals surface area contributed by atoms with Gasteiger partial charge < -0.3 is 0 Å². The summed E-state index contributed by atoms with van der Waals surface area (Å²) in [5.74, 6) is -2.00. The van der Waals surface area contributed by atoms with E-state index in [1.165, 1.54) is 11.3 Å². The lowest BCUT2D eigenvalue weighted by Gasteiger charge is -1.99. The van der Waals surface area contributed by atoms with Crippen molar-refractivity contribution in [3.8, 4) is 0 Å². The zero-order valence-electron chi connectivity index (χ0n) is 10.0. The quantitative estimate of drug-likeness (QED) is 0.813. The Labute approximate surface area is 110 Å². The van der Waals surface area contributed by atoms with Crippen LogP contribution in [0.5, 0.6) is 0 Å². The zero-order chi connectivity index (χ0) is 14.2. The summed E-state index contributed by atoms with van der Waals surface area (Å²) in [5.41, 5.74) is 0.157. The summed E-state index contributed by atoms with van der Waals surface area (Å²) in [6, 6.07) is 0. The molecule has 0 aliphatic heterocycles. The van der Waals surface area contributed by atoms with Gasteiger partial charge in [0.05, 0.1) is 18.4 Å². The number of carbonyl (C=O) groups is 1. The fourth-order valence-electron chi connectivity index (χ4n) is 1.37. The molecule has 0 N–H and O–H groups in total. The third kappa shape index (κ3) is 2.98. The van der Waals surface area contributed by atoms with Crippen LogP contribution in [0.3, 0.4) is 0 Å². The molecule has 0 unspecified atom stereocenters. The molecule has 5 nitrogen and oxygen atoms in total. The maximum Gasteiger partial charge on any atom is 0.456 e. The molecule has 0 saturated heterocycles. The number of hydrogen-bond donors (Lipinski definition) is 0. The van der Waals surface area contributed by atoms with Gasteiger partial charge in [-0.3, -0.25) is 4.79 Å². The van der Waals surface area contributed by atoms with Crippen molar-refractivity contribution in [2.75, 3.05) is 0 Å². The first-order valence-corrected chi connectivity index (χ1v) is 6.03. The number of thiazole rings is 1. The summed E-state index contributed by atoms with van der Waals surface area (Å²) < 4.78 is 37.7. The molecular formula is C10H9F3N4OS. The Bertz CT molecular complexity index is 597. The predicted molar refractivity (Wildman–Crippen MR) is 61.1 cm³/mol. The predicted octanol–water partition coefficient (Wildman–Crippen LogP) is 2.14. The number of rotatable bonds is 3. The van der Waals surface area contributed by atoms with E-state index in [0.717, 1.165) is 21.4 Å². The number of hydrogen-bond acceptors (Lipinski definition) is 5. The van der Waals surface area contributed by atoms with Gasteiger partial charge in [0, 0.05) is 4.88 Å². The van der Waals surface area contributed by atoms with Crippen LogP contribution < -0.4 is 0 Å². The molecule has 102 valence electrons. The van der Waals surface area contributed by atoms with Crippen molar-refractivity contribution in [3.63, 3.8) is 0 Å². The van der Waals surface area contributed by atoms with Crippen LogP contribution in [0.25, 0.3) is 0 Å². The summed E-state index contributed by atoms with van der Waals surface area (Å²) >= 11 is 1.43. The van der Waals surface area contributed by atoms with Crippen molar-refractivity contribution in [2.45, 2.75) is 26.6 Å². The van der Waals surface area contributed by atoms with E-state index < -0.39 is 17.7 Å². The third-order valence-electron chi connectivity index (χ3n) is 2.40. The lowest BCUT2D eigenvalue weighted by atomic mass is 10.3. The Kier molecular flexibility index (Phi) is 3.40. The second-order valence-corrected chi connectivity index (χ2v) is 5.17. The lowest BCUT2D eigenvalue weighted by Crippen LogP contribution is -2.23. The highest BCUT2D eigenvalue weighted by molar-refractivity contribution is 7.11. The highest BCUT2D eigenvalue weighted by Crippen LogP contribution is 2.21. The highest BCUT2D eigenvalue weighted by atomic mass is 32.1. The van der Waals surface area contributed by atoms with Gasteiger partial charge in [0.25, 0.3) is 5.78 Å². The fraction of sp³-hybridized carbons (Fsp3) is 0.400. The number of alkyl halides is 3. The average molecular weight is 290 g/mol. The zero-order valence-corrected chi connectivity index (χ0v) is 10.8. The van der Waals surface area contributed by atoms with Gasteiger partial charge in [-0.15, -0.1) is 16.4 Å². The minimum absolute atomic E-state index is 0.192. The highest BCUT2D eigenvalue weighted by Gasteiger charge is 2.41. The Balaban J connectivity index is 2.16. The molecule has 0 saturated carbocycles. The molecule has 0 aromatic carbocycles. The second kappa shape index (κ2) is 4.72. The summed E-state index contributed by atoms with van der Waals surface area (Å²) in [5, 5.41) is 7.43. The third-order valence-corrected chi connectivity index (χ3v) is 3.46. The van der Waals surface area contributed by atoms with E-state index in [1.54, 1.807) is 0 Å². The second-order valence-electron chi connectivity index (χ2n) is 3.88. The van der Waals surface area contributed by atoms with Crippen LogP contribution in [0.15, 0.2) is 6.20 Å². The van der Waals surface area contributed by atoms with Gasteiger partial charge in [0.15, 0.2) is 5.69 Å². The van der Waals surface area contributed by atoms with E-state index in [1.807, 2.05) is 13.8 Å². The number of carbonyl (C=O) groups excluding carboxylic acids is 1. The molecule has 19 heavy (non-hydrogen) atoms. The molecule has 0 atom stereocenters. The topological polar surface area (TPSA) is 60.7 Å². The van der Waals surface area contributed by atoms with E-state index in [9.17, 15) is 18.0 Å².